The van der Waals surface area contributed by atoms with Gasteiger partial charge < -0.3 is 5.32 Å². The number of nitrogens with one attached hydrogen (secondary N) is 1. The van der Waals surface area contributed by atoms with Crippen LogP contribution in [-0.2, 0) is 6.42 Å². The van der Waals surface area contributed by atoms with Crippen molar-refractivity contribution in [1.29, 1.82) is 0 Å². The monoisotopic (exact) mass is 286 g/mol. The molecule has 4 unspecified atom stereocenters. The molecule has 1 fully saturated rings. The molecule has 1 aliphatic carbocycles. The number of hydrogen-bond acceptors (Lipinski definition) is 2. The zero-order valence-electron chi connectivity index (χ0n) is 13.8. The third-order valence-corrected chi connectivity index (χ3v) is 5.61. The van der Waals surface area contributed by atoms with Crippen molar-refractivity contribution in [3.8, 4) is 0 Å². The topological polar surface area (TPSA) is 15.3 Å². The van der Waals surface area contributed by atoms with Crippen molar-refractivity contribution in [2.45, 2.75) is 77.0 Å². The first kappa shape index (κ1) is 15.1. The van der Waals surface area contributed by atoms with Gasteiger partial charge in [-0.3, -0.25) is 4.90 Å². The number of likely N-dealkylation sites (N-methyl/N-ethyl adjacent to an activating group) is 1. The molecule has 0 radical (unpaired) electrons. The van der Waals surface area contributed by atoms with Gasteiger partial charge in [-0.25, -0.2) is 0 Å². The second kappa shape index (κ2) is 6.50. The summed E-state index contributed by atoms with van der Waals surface area (Å²) in [6.07, 6.45) is 6.59. The van der Waals surface area contributed by atoms with Crippen molar-refractivity contribution >= 4 is 0 Å². The Morgan fingerprint density at radius 2 is 1.95 bits per heavy atom. The summed E-state index contributed by atoms with van der Waals surface area (Å²) in [6, 6.07) is 11.8. The van der Waals surface area contributed by atoms with Crippen molar-refractivity contribution in [3.05, 3.63) is 35.4 Å². The molecule has 1 aromatic rings. The van der Waals surface area contributed by atoms with E-state index in [4.69, 9.17) is 0 Å². The molecule has 0 aromatic heterocycles. The van der Waals surface area contributed by atoms with E-state index < -0.39 is 0 Å². The van der Waals surface area contributed by atoms with Gasteiger partial charge in [0.1, 0.15) is 0 Å². The van der Waals surface area contributed by atoms with Crippen LogP contribution >= 0.6 is 0 Å². The molecule has 1 heterocycles. The number of benzene rings is 1. The third kappa shape index (κ3) is 2.76. The summed E-state index contributed by atoms with van der Waals surface area (Å²) in [6.45, 7) is 8.07. The van der Waals surface area contributed by atoms with E-state index in [9.17, 15) is 0 Å². The lowest BCUT2D eigenvalue weighted by molar-refractivity contribution is 0.0909. The molecule has 1 saturated heterocycles. The van der Waals surface area contributed by atoms with Crippen molar-refractivity contribution in [2.24, 2.45) is 0 Å². The van der Waals surface area contributed by atoms with Gasteiger partial charge >= 0.3 is 0 Å². The second-order valence-corrected chi connectivity index (χ2v) is 6.78. The predicted molar refractivity (Wildman–Crippen MR) is 89.6 cm³/mol. The molecule has 1 aliphatic heterocycles. The molecule has 0 amide bonds. The minimum absolute atomic E-state index is 0.509. The molecular weight excluding hydrogens is 256 g/mol. The van der Waals surface area contributed by atoms with E-state index in [0.29, 0.717) is 12.1 Å². The fourth-order valence-electron chi connectivity index (χ4n) is 4.63. The van der Waals surface area contributed by atoms with E-state index >= 15 is 0 Å². The summed E-state index contributed by atoms with van der Waals surface area (Å²) < 4.78 is 0. The molecule has 1 N–H and O–H groups in total. The van der Waals surface area contributed by atoms with Crippen LogP contribution in [-0.4, -0.2) is 29.6 Å². The number of rotatable bonds is 4. The van der Waals surface area contributed by atoms with E-state index in [1.54, 1.807) is 11.1 Å². The Kier molecular flexibility index (Phi) is 4.66. The van der Waals surface area contributed by atoms with Gasteiger partial charge in [-0.1, -0.05) is 38.1 Å². The highest BCUT2D eigenvalue weighted by atomic mass is 15.3. The lowest BCUT2D eigenvalue weighted by atomic mass is 9.82. The molecular formula is C19H30N2. The minimum atomic E-state index is 0.509. The van der Waals surface area contributed by atoms with Crippen LogP contribution in [0.1, 0.15) is 63.6 Å². The Balaban J connectivity index is 1.91. The first-order valence-corrected chi connectivity index (χ1v) is 8.84. The summed E-state index contributed by atoms with van der Waals surface area (Å²) >= 11 is 0. The summed E-state index contributed by atoms with van der Waals surface area (Å²) in [7, 11) is 0. The van der Waals surface area contributed by atoms with Gasteiger partial charge in [0.2, 0.25) is 0 Å². The smallest absolute Gasteiger partial charge is 0.0481 e. The molecule has 116 valence electrons. The van der Waals surface area contributed by atoms with E-state index in [1.165, 1.54) is 32.1 Å². The molecule has 2 heteroatoms. The first-order valence-electron chi connectivity index (χ1n) is 8.84. The van der Waals surface area contributed by atoms with Crippen LogP contribution in [0.5, 0.6) is 0 Å². The maximum absolute atomic E-state index is 3.79. The average Bonchev–Trinajstić information content (AvgIpc) is 2.89. The molecule has 4 atom stereocenters. The highest BCUT2D eigenvalue weighted by Gasteiger charge is 2.40. The molecule has 0 bridgehead atoms. The highest BCUT2D eigenvalue weighted by Crippen LogP contribution is 2.39. The van der Waals surface area contributed by atoms with Crippen LogP contribution in [0.15, 0.2) is 24.3 Å². The van der Waals surface area contributed by atoms with Crippen LogP contribution in [0.4, 0.5) is 0 Å². The van der Waals surface area contributed by atoms with Gasteiger partial charge in [0.15, 0.2) is 0 Å². The van der Waals surface area contributed by atoms with Gasteiger partial charge in [-0.2, -0.15) is 0 Å². The maximum Gasteiger partial charge on any atom is 0.0481 e. The summed E-state index contributed by atoms with van der Waals surface area (Å²) in [5, 5.41) is 3.79. The number of fused-ring (bicyclic) bond motifs is 1. The molecule has 0 spiro atoms. The standard InChI is InChI=1S/C19H30N2/c1-4-16-12-10-14(3)21(16)18-13-11-15-8-6-7-9-17(15)19(18)20-5-2/h6-9,14,16,18-20H,4-5,10-13H2,1-3H3. The van der Waals surface area contributed by atoms with Crippen LogP contribution in [0.2, 0.25) is 0 Å². The maximum atomic E-state index is 3.79. The Hall–Kier alpha value is -0.860. The van der Waals surface area contributed by atoms with Gasteiger partial charge in [0, 0.05) is 24.2 Å². The Labute approximate surface area is 129 Å². The lowest BCUT2D eigenvalue weighted by Crippen LogP contribution is -2.51. The van der Waals surface area contributed by atoms with Gasteiger partial charge in [-0.15, -0.1) is 0 Å². The van der Waals surface area contributed by atoms with Crippen molar-refractivity contribution in [2.75, 3.05) is 6.54 Å². The number of hydrogen-bond donors (Lipinski definition) is 1. The minimum Gasteiger partial charge on any atom is -0.309 e. The molecule has 3 rings (SSSR count). The summed E-state index contributed by atoms with van der Waals surface area (Å²) in [5.41, 5.74) is 3.10. The second-order valence-electron chi connectivity index (χ2n) is 6.78. The molecule has 2 nitrogen and oxygen atoms in total. The lowest BCUT2D eigenvalue weighted by Gasteiger charge is -2.44. The van der Waals surface area contributed by atoms with Crippen LogP contribution < -0.4 is 5.32 Å². The summed E-state index contributed by atoms with van der Waals surface area (Å²) in [5.74, 6) is 0. The average molecular weight is 286 g/mol. The summed E-state index contributed by atoms with van der Waals surface area (Å²) in [4.78, 5) is 2.85. The number of aryl methyl sites for hydroxylation is 1. The van der Waals surface area contributed by atoms with Crippen LogP contribution in [0.25, 0.3) is 0 Å². The fourth-order valence-corrected chi connectivity index (χ4v) is 4.63. The predicted octanol–water partition coefficient (Wildman–Crippen LogP) is 3.91. The zero-order valence-corrected chi connectivity index (χ0v) is 13.8. The fraction of sp³-hybridized carbons (Fsp3) is 0.684. The molecule has 2 aliphatic rings. The van der Waals surface area contributed by atoms with E-state index in [2.05, 4.69) is 55.3 Å². The Bertz CT molecular complexity index is 470. The van der Waals surface area contributed by atoms with E-state index in [0.717, 1.165) is 18.6 Å². The van der Waals surface area contributed by atoms with Gasteiger partial charge in [0.05, 0.1) is 0 Å². The first-order chi connectivity index (χ1) is 10.3. The highest BCUT2D eigenvalue weighted by molar-refractivity contribution is 5.34. The molecule has 21 heavy (non-hydrogen) atoms. The van der Waals surface area contributed by atoms with Crippen molar-refractivity contribution in [3.63, 3.8) is 0 Å². The zero-order chi connectivity index (χ0) is 14.8. The SMILES string of the molecule is CCNC1c2ccccc2CCC1N1C(C)CCC1CC. The van der Waals surface area contributed by atoms with E-state index in [-0.39, 0.29) is 0 Å². The van der Waals surface area contributed by atoms with Gasteiger partial charge in [0.25, 0.3) is 0 Å². The molecule has 1 aromatic carbocycles. The number of likely N-dealkylation sites (tertiary alicyclic amines) is 1. The largest absolute Gasteiger partial charge is 0.309 e. The van der Waals surface area contributed by atoms with E-state index in [1.807, 2.05) is 0 Å². The van der Waals surface area contributed by atoms with Crippen LogP contribution in [0, 0.1) is 0 Å². The van der Waals surface area contributed by atoms with Crippen molar-refractivity contribution < 1.29 is 0 Å². The van der Waals surface area contributed by atoms with Gasteiger partial charge in [-0.05, 0) is 56.7 Å². The van der Waals surface area contributed by atoms with Crippen molar-refractivity contribution in [1.82, 2.24) is 10.2 Å². The third-order valence-electron chi connectivity index (χ3n) is 5.61. The normalized spacial score (nSPS) is 33.1. The Morgan fingerprint density at radius 3 is 2.71 bits per heavy atom. The Morgan fingerprint density at radius 1 is 1.14 bits per heavy atom. The van der Waals surface area contributed by atoms with Crippen LogP contribution in [0.3, 0.4) is 0 Å². The molecule has 0 saturated carbocycles. The quantitative estimate of drug-likeness (QED) is 0.902. The number of nitrogens with zero attached hydrogens (tertiary/aromatic N) is 1.